The number of aromatic nitrogens is 3. The van der Waals surface area contributed by atoms with Crippen LogP contribution in [0.4, 0.5) is 22.0 Å². The summed E-state index contributed by atoms with van der Waals surface area (Å²) >= 11 is 5.88. The number of pyridine rings is 1. The number of rotatable bonds is 6. The Bertz CT molecular complexity index is 1280. The molecular weight excluding hydrogens is 519 g/mol. The van der Waals surface area contributed by atoms with E-state index in [0.717, 1.165) is 11.8 Å². The summed E-state index contributed by atoms with van der Waals surface area (Å²) in [5.41, 5.74) is -1.90. The zero-order valence-corrected chi connectivity index (χ0v) is 20.5. The van der Waals surface area contributed by atoms with Crippen LogP contribution in [0.15, 0.2) is 48.9 Å². The molecule has 1 aliphatic carbocycles. The van der Waals surface area contributed by atoms with Crippen molar-refractivity contribution in [2.24, 2.45) is 0 Å². The average molecular weight is 543 g/mol. The molecule has 12 heteroatoms. The lowest BCUT2D eigenvalue weighted by Crippen LogP contribution is -2.50. The number of carbonyl (C=O) groups excluding carboxylic acids is 1. The minimum atomic E-state index is -4.82. The largest absolute Gasteiger partial charge is 0.417 e. The lowest BCUT2D eigenvalue weighted by molar-refractivity contribution is -0.137. The molecule has 6 nitrogen and oxygen atoms in total. The van der Waals surface area contributed by atoms with Crippen molar-refractivity contribution in [1.29, 1.82) is 0 Å². The molecule has 0 spiro atoms. The fourth-order valence-corrected chi connectivity index (χ4v) is 4.77. The van der Waals surface area contributed by atoms with E-state index >= 15 is 0 Å². The molecule has 1 saturated carbocycles. The number of nitrogens with one attached hydrogen (secondary N) is 1. The third kappa shape index (κ3) is 5.77. The molecule has 2 heterocycles. The molecule has 1 amide bonds. The number of hydrogen-bond donors (Lipinski definition) is 2. The molecule has 2 N–H and O–H groups in total. The van der Waals surface area contributed by atoms with Gasteiger partial charge in [0.15, 0.2) is 0 Å². The molecule has 0 saturated heterocycles. The number of benzene rings is 1. The van der Waals surface area contributed by atoms with Crippen molar-refractivity contribution in [2.75, 3.05) is 0 Å². The van der Waals surface area contributed by atoms with E-state index < -0.39 is 58.8 Å². The number of nitrogens with zero attached hydrogens (tertiary/aromatic N) is 3. The minimum Gasteiger partial charge on any atom is -0.387 e. The van der Waals surface area contributed by atoms with Gasteiger partial charge in [-0.05, 0) is 43.0 Å². The number of aliphatic hydroxyl groups is 1. The number of hydrogen-bond acceptors (Lipinski definition) is 4. The Hall–Kier alpha value is -3.05. The van der Waals surface area contributed by atoms with E-state index in [1.807, 2.05) is 6.92 Å². The first-order chi connectivity index (χ1) is 17.3. The zero-order chi connectivity index (χ0) is 27.0. The zero-order valence-electron chi connectivity index (χ0n) is 19.7. The van der Waals surface area contributed by atoms with E-state index in [2.05, 4.69) is 15.4 Å². The predicted octanol–water partition coefficient (Wildman–Crippen LogP) is 6.05. The molecule has 1 atom stereocenters. The summed E-state index contributed by atoms with van der Waals surface area (Å²) in [6, 6.07) is 6.14. The van der Waals surface area contributed by atoms with Crippen LogP contribution >= 0.6 is 11.6 Å². The summed E-state index contributed by atoms with van der Waals surface area (Å²) in [5, 5.41) is 17.3. The van der Waals surface area contributed by atoms with Crippen LogP contribution < -0.4 is 5.32 Å². The van der Waals surface area contributed by atoms with E-state index in [4.69, 9.17) is 11.6 Å². The van der Waals surface area contributed by atoms with Gasteiger partial charge in [-0.15, -0.1) is 0 Å². The van der Waals surface area contributed by atoms with Crippen molar-refractivity contribution in [3.63, 3.8) is 0 Å². The van der Waals surface area contributed by atoms with Crippen LogP contribution in [0.2, 0.25) is 5.02 Å². The first kappa shape index (κ1) is 27.0. The summed E-state index contributed by atoms with van der Waals surface area (Å²) in [6.45, 7) is 2.55. The molecule has 1 aliphatic rings. The first-order valence-corrected chi connectivity index (χ1v) is 12.0. The van der Waals surface area contributed by atoms with Crippen LogP contribution in [0.1, 0.15) is 60.3 Å². The maximum Gasteiger partial charge on any atom is 0.417 e. The predicted molar refractivity (Wildman–Crippen MR) is 126 cm³/mol. The summed E-state index contributed by atoms with van der Waals surface area (Å²) in [4.78, 5) is 16.9. The molecule has 1 aromatic carbocycles. The summed E-state index contributed by atoms with van der Waals surface area (Å²) in [7, 11) is 0. The Labute approximate surface area is 214 Å². The number of amides is 1. The smallest absolute Gasteiger partial charge is 0.387 e. The molecular formula is C25H24ClF5N4O2. The van der Waals surface area contributed by atoms with Crippen LogP contribution in [0.5, 0.6) is 0 Å². The van der Waals surface area contributed by atoms with Crippen molar-refractivity contribution in [3.8, 4) is 11.1 Å². The molecule has 0 aliphatic heterocycles. The van der Waals surface area contributed by atoms with Gasteiger partial charge in [0, 0.05) is 37.3 Å². The molecule has 37 heavy (non-hydrogen) atoms. The quantitative estimate of drug-likeness (QED) is 0.372. The highest BCUT2D eigenvalue weighted by Crippen LogP contribution is 2.45. The molecule has 3 aromatic rings. The Balaban J connectivity index is 1.73. The summed E-state index contributed by atoms with van der Waals surface area (Å²) in [6.07, 6.45) is -2.48. The van der Waals surface area contributed by atoms with Gasteiger partial charge in [-0.25, -0.2) is 13.8 Å². The van der Waals surface area contributed by atoms with Gasteiger partial charge in [0.1, 0.15) is 5.69 Å². The molecule has 0 radical (unpaired) electrons. The maximum atomic E-state index is 13.9. The topological polar surface area (TPSA) is 80.0 Å². The summed E-state index contributed by atoms with van der Waals surface area (Å²) < 4.78 is 69.5. The monoisotopic (exact) mass is 542 g/mol. The van der Waals surface area contributed by atoms with Crippen molar-refractivity contribution in [1.82, 2.24) is 20.1 Å². The van der Waals surface area contributed by atoms with Crippen molar-refractivity contribution >= 4 is 17.5 Å². The molecule has 4 rings (SSSR count). The van der Waals surface area contributed by atoms with Gasteiger partial charge >= 0.3 is 6.18 Å². The normalized spacial score (nSPS) is 17.8. The standard InChI is InChI=1S/C25H24ClF5N4O2/c1-2-35-14-17(13-33-35)15-4-3-5-16(12-15)21(23(37)7-9-24(27,28)10-8-23)34-22(36)20-19(26)18(6-11-32-20)25(29,30)31/h3-6,11-14,21,37H,2,7-10H2,1H3,(H,34,36). The van der Waals surface area contributed by atoms with Crippen LogP contribution in [0.3, 0.4) is 0 Å². The van der Waals surface area contributed by atoms with Gasteiger partial charge < -0.3 is 10.4 Å². The van der Waals surface area contributed by atoms with Gasteiger partial charge in [-0.1, -0.05) is 29.8 Å². The Kier molecular flexibility index (Phi) is 7.31. The minimum absolute atomic E-state index is 0.341. The van der Waals surface area contributed by atoms with Crippen molar-refractivity contribution in [3.05, 3.63) is 70.8 Å². The van der Waals surface area contributed by atoms with Crippen molar-refractivity contribution < 1.29 is 31.9 Å². The van der Waals surface area contributed by atoms with E-state index in [1.165, 1.54) is 0 Å². The van der Waals surface area contributed by atoms with E-state index in [-0.39, 0.29) is 12.8 Å². The van der Waals surface area contributed by atoms with Gasteiger partial charge in [0.25, 0.3) is 5.91 Å². The van der Waals surface area contributed by atoms with E-state index in [0.29, 0.717) is 23.7 Å². The first-order valence-electron chi connectivity index (χ1n) is 11.6. The van der Waals surface area contributed by atoms with Gasteiger partial charge in [-0.2, -0.15) is 18.3 Å². The second-order valence-corrected chi connectivity index (χ2v) is 9.47. The van der Waals surface area contributed by atoms with Gasteiger partial charge in [-0.3, -0.25) is 9.48 Å². The van der Waals surface area contributed by atoms with Crippen LogP contribution in [-0.4, -0.2) is 37.3 Å². The number of halogens is 6. The highest BCUT2D eigenvalue weighted by atomic mass is 35.5. The van der Waals surface area contributed by atoms with Crippen LogP contribution in [-0.2, 0) is 12.7 Å². The second-order valence-electron chi connectivity index (χ2n) is 9.10. The molecule has 2 aromatic heterocycles. The molecule has 1 unspecified atom stereocenters. The van der Waals surface area contributed by atoms with Gasteiger partial charge in [0.2, 0.25) is 5.92 Å². The molecule has 198 valence electrons. The number of aryl methyl sites for hydroxylation is 1. The molecule has 0 bridgehead atoms. The summed E-state index contributed by atoms with van der Waals surface area (Å²) in [5.74, 6) is -4.04. The second kappa shape index (κ2) is 10.0. The highest BCUT2D eigenvalue weighted by Gasteiger charge is 2.48. The third-order valence-electron chi connectivity index (χ3n) is 6.58. The Morgan fingerprint density at radius 1 is 1.19 bits per heavy atom. The highest BCUT2D eigenvalue weighted by molar-refractivity contribution is 6.34. The average Bonchev–Trinajstić information content (AvgIpc) is 3.33. The SMILES string of the molecule is CCn1cc(-c2cccc(C(NC(=O)c3nccc(C(F)(F)F)c3Cl)C3(O)CCC(F)(F)CC3)c2)cn1. The Morgan fingerprint density at radius 2 is 1.89 bits per heavy atom. The lowest BCUT2D eigenvalue weighted by Gasteiger charge is -2.42. The Morgan fingerprint density at radius 3 is 2.51 bits per heavy atom. The van der Waals surface area contributed by atoms with Crippen LogP contribution in [0.25, 0.3) is 11.1 Å². The van der Waals surface area contributed by atoms with E-state index in [1.54, 1.807) is 41.3 Å². The van der Waals surface area contributed by atoms with Crippen LogP contribution in [0, 0.1) is 0 Å². The molecule has 1 fully saturated rings. The van der Waals surface area contributed by atoms with Crippen molar-refractivity contribution in [2.45, 2.75) is 62.9 Å². The fraction of sp³-hybridized carbons (Fsp3) is 0.400. The lowest BCUT2D eigenvalue weighted by atomic mass is 9.75. The fourth-order valence-electron chi connectivity index (χ4n) is 4.47. The maximum absolute atomic E-state index is 13.9. The van der Waals surface area contributed by atoms with Gasteiger partial charge in [0.05, 0.1) is 28.4 Å². The van der Waals surface area contributed by atoms with E-state index in [9.17, 15) is 31.9 Å². The third-order valence-corrected chi connectivity index (χ3v) is 6.96. The number of carbonyl (C=O) groups is 1. The number of alkyl halides is 5.